The minimum absolute atomic E-state index is 0.0874. The number of alkyl halides is 1. The Balaban J connectivity index is 4.07. The summed E-state index contributed by atoms with van der Waals surface area (Å²) in [6, 6.07) is 0. The molecule has 0 rings (SSSR count). The maximum atomic E-state index is 11.8. The molecule has 1 atom stereocenters. The highest BCUT2D eigenvalue weighted by molar-refractivity contribution is 6.18. The van der Waals surface area contributed by atoms with Crippen molar-refractivity contribution in [3.8, 4) is 0 Å². The van der Waals surface area contributed by atoms with Gasteiger partial charge in [-0.25, -0.2) is 4.79 Å². The van der Waals surface area contributed by atoms with E-state index in [1.54, 1.807) is 24.3 Å². The van der Waals surface area contributed by atoms with Crippen LogP contribution in [0.5, 0.6) is 0 Å². The molecule has 0 aromatic heterocycles. The number of halogens is 1. The van der Waals surface area contributed by atoms with Crippen LogP contribution in [0, 0.1) is 0 Å². The van der Waals surface area contributed by atoms with Crippen LogP contribution in [-0.2, 0) is 9.47 Å². The van der Waals surface area contributed by atoms with Crippen molar-refractivity contribution >= 4 is 17.7 Å². The molecule has 4 nitrogen and oxygen atoms in total. The molecule has 0 aliphatic rings. The Morgan fingerprint density at radius 1 is 1.42 bits per heavy atom. The van der Waals surface area contributed by atoms with Crippen LogP contribution in [0.4, 0.5) is 4.79 Å². The van der Waals surface area contributed by atoms with Gasteiger partial charge in [0.2, 0.25) is 0 Å². The molecule has 0 aliphatic heterocycles. The topological polar surface area (TPSA) is 38.8 Å². The summed E-state index contributed by atoms with van der Waals surface area (Å²) >= 11 is 5.52. The third-order valence-corrected chi connectivity index (χ3v) is 2.58. The van der Waals surface area contributed by atoms with Gasteiger partial charge in [0, 0.05) is 25.9 Å². The van der Waals surface area contributed by atoms with Gasteiger partial charge in [-0.3, -0.25) is 0 Å². The van der Waals surface area contributed by atoms with E-state index in [9.17, 15) is 4.79 Å². The third-order valence-electron chi connectivity index (χ3n) is 2.40. The summed E-state index contributed by atoms with van der Waals surface area (Å²) in [5, 5.41) is 0. The van der Waals surface area contributed by atoms with Crippen LogP contribution < -0.4 is 0 Å². The van der Waals surface area contributed by atoms with Gasteiger partial charge in [0.25, 0.3) is 0 Å². The maximum Gasteiger partial charge on any atom is 0.410 e. The molecular formula is C14H26ClNO3. The molecule has 0 aromatic carbocycles. The average molecular weight is 292 g/mol. The first kappa shape index (κ1) is 18.1. The van der Waals surface area contributed by atoms with Gasteiger partial charge in [0.1, 0.15) is 5.60 Å². The number of carbonyl (C=O) groups excluding carboxylic acids is 1. The molecule has 0 fully saturated rings. The number of ether oxygens (including phenoxy) is 2. The van der Waals surface area contributed by atoms with E-state index >= 15 is 0 Å². The predicted molar refractivity (Wildman–Crippen MR) is 78.5 cm³/mol. The summed E-state index contributed by atoms with van der Waals surface area (Å²) in [7, 11) is 1.73. The highest BCUT2D eigenvalue weighted by atomic mass is 35.5. The number of nitrogens with zero attached hydrogens (tertiary/aromatic N) is 1. The fourth-order valence-electron chi connectivity index (χ4n) is 1.34. The van der Waals surface area contributed by atoms with E-state index < -0.39 is 5.60 Å². The van der Waals surface area contributed by atoms with Gasteiger partial charge in [0.05, 0.1) is 12.4 Å². The third kappa shape index (κ3) is 9.65. The lowest BCUT2D eigenvalue weighted by Gasteiger charge is -2.25. The van der Waals surface area contributed by atoms with E-state index in [0.717, 1.165) is 12.8 Å². The number of amides is 1. The van der Waals surface area contributed by atoms with Gasteiger partial charge in [-0.05, 0) is 33.3 Å². The molecule has 0 N–H and O–H groups in total. The zero-order valence-electron chi connectivity index (χ0n) is 12.6. The summed E-state index contributed by atoms with van der Waals surface area (Å²) in [5.74, 6) is 0.439. The standard InChI is InChI=1S/C14H26ClNO3/c1-6-12(18-11-7-9-15)8-10-16(5)13(17)19-14(2,3)4/h7,11-12H,6,8-10H2,1-5H3/b11-7+. The Morgan fingerprint density at radius 2 is 2.05 bits per heavy atom. The number of hydrogen-bond donors (Lipinski definition) is 0. The second-order valence-corrected chi connectivity index (χ2v) is 5.69. The van der Waals surface area contributed by atoms with Crippen LogP contribution in [0.25, 0.3) is 0 Å². The van der Waals surface area contributed by atoms with Gasteiger partial charge in [0.15, 0.2) is 0 Å². The second kappa shape index (κ2) is 9.08. The molecule has 0 radical (unpaired) electrons. The summed E-state index contributed by atoms with van der Waals surface area (Å²) < 4.78 is 10.8. The number of carbonyl (C=O) groups is 1. The monoisotopic (exact) mass is 291 g/mol. The highest BCUT2D eigenvalue weighted by Gasteiger charge is 2.20. The summed E-state index contributed by atoms with van der Waals surface area (Å²) in [4.78, 5) is 13.3. The lowest BCUT2D eigenvalue weighted by atomic mass is 10.2. The fourth-order valence-corrected chi connectivity index (χ4v) is 1.41. The smallest absolute Gasteiger partial charge is 0.410 e. The SMILES string of the molecule is CCC(CCN(C)C(=O)OC(C)(C)C)O/C=C/CCl. The molecule has 0 aromatic rings. The zero-order valence-corrected chi connectivity index (χ0v) is 13.4. The molecule has 19 heavy (non-hydrogen) atoms. The summed E-state index contributed by atoms with van der Waals surface area (Å²) in [6.45, 7) is 8.21. The molecule has 0 bridgehead atoms. The molecular weight excluding hydrogens is 266 g/mol. The van der Waals surface area contributed by atoms with Crippen molar-refractivity contribution in [2.45, 2.75) is 52.2 Å². The summed E-state index contributed by atoms with van der Waals surface area (Å²) in [5.41, 5.74) is -0.463. The number of hydrogen-bond acceptors (Lipinski definition) is 3. The number of rotatable bonds is 7. The zero-order chi connectivity index (χ0) is 14.9. The molecule has 0 saturated carbocycles. The van der Waals surface area contributed by atoms with Crippen LogP contribution in [0.2, 0.25) is 0 Å². The Hall–Kier alpha value is -0.900. The van der Waals surface area contributed by atoms with Crippen molar-refractivity contribution in [3.63, 3.8) is 0 Å². The fraction of sp³-hybridized carbons (Fsp3) is 0.786. The quantitative estimate of drug-likeness (QED) is 0.529. The van der Waals surface area contributed by atoms with Crippen molar-refractivity contribution in [2.75, 3.05) is 19.5 Å². The van der Waals surface area contributed by atoms with Gasteiger partial charge in [-0.15, -0.1) is 11.6 Å². The van der Waals surface area contributed by atoms with Crippen LogP contribution in [-0.4, -0.2) is 42.2 Å². The van der Waals surface area contributed by atoms with E-state index in [0.29, 0.717) is 12.4 Å². The van der Waals surface area contributed by atoms with Crippen molar-refractivity contribution in [1.82, 2.24) is 4.90 Å². The van der Waals surface area contributed by atoms with Crippen LogP contribution in [0.1, 0.15) is 40.5 Å². The molecule has 0 aliphatic carbocycles. The van der Waals surface area contributed by atoms with E-state index in [2.05, 4.69) is 0 Å². The van der Waals surface area contributed by atoms with Crippen LogP contribution >= 0.6 is 11.6 Å². The molecule has 0 spiro atoms. The largest absolute Gasteiger partial charge is 0.498 e. The molecule has 112 valence electrons. The van der Waals surface area contributed by atoms with E-state index in [1.807, 2.05) is 27.7 Å². The Bertz CT molecular complexity index is 287. The lowest BCUT2D eigenvalue weighted by molar-refractivity contribution is 0.0267. The molecule has 1 amide bonds. The Morgan fingerprint density at radius 3 is 2.53 bits per heavy atom. The second-order valence-electron chi connectivity index (χ2n) is 5.38. The molecule has 5 heteroatoms. The first-order valence-corrected chi connectivity index (χ1v) is 7.14. The van der Waals surface area contributed by atoms with Crippen molar-refractivity contribution in [3.05, 3.63) is 12.3 Å². The van der Waals surface area contributed by atoms with E-state index in [4.69, 9.17) is 21.1 Å². The van der Waals surface area contributed by atoms with Crippen molar-refractivity contribution in [2.24, 2.45) is 0 Å². The van der Waals surface area contributed by atoms with E-state index in [1.165, 1.54) is 0 Å². The predicted octanol–water partition coefficient (Wildman–Crippen LogP) is 3.79. The first-order valence-electron chi connectivity index (χ1n) is 6.60. The van der Waals surface area contributed by atoms with Gasteiger partial charge < -0.3 is 14.4 Å². The van der Waals surface area contributed by atoms with Gasteiger partial charge in [-0.2, -0.15) is 0 Å². The van der Waals surface area contributed by atoms with Crippen molar-refractivity contribution in [1.29, 1.82) is 0 Å². The normalized spacial score (nSPS) is 13.4. The minimum atomic E-state index is -0.463. The molecule has 0 saturated heterocycles. The number of allylic oxidation sites excluding steroid dienone is 1. The van der Waals surface area contributed by atoms with E-state index in [-0.39, 0.29) is 12.2 Å². The maximum absolute atomic E-state index is 11.8. The van der Waals surface area contributed by atoms with Crippen LogP contribution in [0.3, 0.4) is 0 Å². The minimum Gasteiger partial charge on any atom is -0.498 e. The summed E-state index contributed by atoms with van der Waals surface area (Å²) in [6.07, 6.45) is 4.80. The Labute approximate surface area is 121 Å². The first-order chi connectivity index (χ1) is 8.80. The molecule has 1 unspecified atom stereocenters. The lowest BCUT2D eigenvalue weighted by Crippen LogP contribution is -2.35. The van der Waals surface area contributed by atoms with Crippen molar-refractivity contribution < 1.29 is 14.3 Å². The van der Waals surface area contributed by atoms with Gasteiger partial charge in [-0.1, -0.05) is 6.92 Å². The highest BCUT2D eigenvalue weighted by Crippen LogP contribution is 2.11. The molecule has 0 heterocycles. The average Bonchev–Trinajstić information content (AvgIpc) is 2.31. The van der Waals surface area contributed by atoms with Gasteiger partial charge >= 0.3 is 6.09 Å². The Kier molecular flexibility index (Phi) is 8.65. The van der Waals surface area contributed by atoms with Crippen LogP contribution in [0.15, 0.2) is 12.3 Å².